The molecule has 0 aromatic carbocycles. The first-order chi connectivity index (χ1) is 3.31. The second-order valence-corrected chi connectivity index (χ2v) is 0.970. The Morgan fingerprint density at radius 3 is 2.38 bits per heavy atom. The van der Waals surface area contributed by atoms with Crippen LogP contribution in [0.5, 0.6) is 0 Å². The summed E-state index contributed by atoms with van der Waals surface area (Å²) in [5.41, 5.74) is 0. The topological polar surface area (TPSA) is 38.3 Å². The molecule has 0 aliphatic carbocycles. The van der Waals surface area contributed by atoms with Crippen LogP contribution in [-0.2, 0) is 4.74 Å². The number of amides is 1. The van der Waals surface area contributed by atoms with Crippen LogP contribution in [0.1, 0.15) is 6.92 Å². The summed E-state index contributed by atoms with van der Waals surface area (Å²) in [6.07, 6.45) is -0.373. The molecule has 0 rings (SSSR count). The summed E-state index contributed by atoms with van der Waals surface area (Å²) in [7, 11) is 1.53. The van der Waals surface area contributed by atoms with Crippen molar-refractivity contribution in [3.63, 3.8) is 0 Å². The number of hydrogen-bond acceptors (Lipinski definition) is 2. The molecule has 0 saturated heterocycles. The van der Waals surface area contributed by atoms with E-state index in [1.165, 1.54) is 7.05 Å². The monoisotopic (exact) mass is 126 g/mol. The van der Waals surface area contributed by atoms with Crippen molar-refractivity contribution in [3.8, 4) is 0 Å². The third kappa shape index (κ3) is 6.27. The standard InChI is InChI=1S/C4H9NO2.Na/c1-3-7-4(6)5-2;/h3H2,1-2H3,(H,5,6);. The van der Waals surface area contributed by atoms with Crippen LogP contribution in [0.25, 0.3) is 0 Å². The van der Waals surface area contributed by atoms with Crippen LogP contribution in [0.3, 0.4) is 0 Å². The Morgan fingerprint density at radius 1 is 1.75 bits per heavy atom. The van der Waals surface area contributed by atoms with Crippen LogP contribution < -0.4 is 5.32 Å². The number of nitrogens with one attached hydrogen (secondary N) is 1. The van der Waals surface area contributed by atoms with Gasteiger partial charge in [-0.2, -0.15) is 0 Å². The van der Waals surface area contributed by atoms with E-state index in [-0.39, 0.29) is 35.7 Å². The van der Waals surface area contributed by atoms with E-state index in [4.69, 9.17) is 0 Å². The van der Waals surface area contributed by atoms with Crippen molar-refractivity contribution in [2.24, 2.45) is 0 Å². The molecule has 0 saturated carbocycles. The smallest absolute Gasteiger partial charge is 0.406 e. The molecule has 0 aliphatic rings. The van der Waals surface area contributed by atoms with E-state index in [0.29, 0.717) is 6.61 Å². The summed E-state index contributed by atoms with van der Waals surface area (Å²) < 4.78 is 4.44. The van der Waals surface area contributed by atoms with Crippen LogP contribution in [0, 0.1) is 0 Å². The molecule has 1 amide bonds. The molecular weight excluding hydrogens is 117 g/mol. The maximum absolute atomic E-state index is 10.1. The third-order valence-electron chi connectivity index (χ3n) is 0.480. The van der Waals surface area contributed by atoms with Crippen LogP contribution in [-0.4, -0.2) is 49.3 Å². The van der Waals surface area contributed by atoms with Crippen molar-refractivity contribution in [1.82, 2.24) is 5.32 Å². The minimum atomic E-state index is -0.373. The summed E-state index contributed by atoms with van der Waals surface area (Å²) >= 11 is 0. The molecule has 1 N–H and O–H groups in total. The van der Waals surface area contributed by atoms with Crippen LogP contribution in [0.4, 0.5) is 4.79 Å². The van der Waals surface area contributed by atoms with Crippen molar-refractivity contribution < 1.29 is 9.53 Å². The van der Waals surface area contributed by atoms with Gasteiger partial charge in [-0.1, -0.05) is 0 Å². The zero-order valence-corrected chi connectivity index (χ0v) is 7.52. The molecular formula is C4H9NNaO2. The zero-order chi connectivity index (χ0) is 5.70. The van der Waals surface area contributed by atoms with Gasteiger partial charge in [0, 0.05) is 36.6 Å². The summed E-state index contributed by atoms with van der Waals surface area (Å²) in [6.45, 7) is 2.19. The molecule has 4 heteroatoms. The van der Waals surface area contributed by atoms with E-state index < -0.39 is 0 Å². The second-order valence-electron chi connectivity index (χ2n) is 0.970. The quantitative estimate of drug-likeness (QED) is 0.501. The van der Waals surface area contributed by atoms with Gasteiger partial charge in [0.25, 0.3) is 0 Å². The van der Waals surface area contributed by atoms with Crippen LogP contribution in [0.2, 0.25) is 0 Å². The van der Waals surface area contributed by atoms with Gasteiger partial charge in [0.1, 0.15) is 0 Å². The molecule has 0 spiro atoms. The zero-order valence-electron chi connectivity index (χ0n) is 5.52. The first-order valence-corrected chi connectivity index (χ1v) is 2.15. The van der Waals surface area contributed by atoms with E-state index in [9.17, 15) is 4.79 Å². The number of hydrogen-bond donors (Lipinski definition) is 1. The Kier molecular flexibility index (Phi) is 10.1. The molecule has 1 radical (unpaired) electrons. The minimum absolute atomic E-state index is 0. The van der Waals surface area contributed by atoms with E-state index in [0.717, 1.165) is 0 Å². The third-order valence-corrected chi connectivity index (χ3v) is 0.480. The Labute approximate surface area is 71.1 Å². The van der Waals surface area contributed by atoms with Gasteiger partial charge in [-0.3, -0.25) is 0 Å². The van der Waals surface area contributed by atoms with E-state index in [1.54, 1.807) is 6.92 Å². The molecule has 43 valence electrons. The summed E-state index contributed by atoms with van der Waals surface area (Å²) in [4.78, 5) is 10.1. The number of rotatable bonds is 1. The molecule has 0 bridgehead atoms. The van der Waals surface area contributed by atoms with Crippen LogP contribution in [0.15, 0.2) is 0 Å². The van der Waals surface area contributed by atoms with Gasteiger partial charge in [0.15, 0.2) is 0 Å². The van der Waals surface area contributed by atoms with Crippen molar-refractivity contribution in [2.75, 3.05) is 13.7 Å². The van der Waals surface area contributed by atoms with Gasteiger partial charge in [-0.15, -0.1) is 0 Å². The largest absolute Gasteiger partial charge is 0.450 e. The number of ether oxygens (including phenoxy) is 1. The molecule has 0 unspecified atom stereocenters. The normalized spacial score (nSPS) is 6.75. The van der Waals surface area contributed by atoms with Gasteiger partial charge < -0.3 is 10.1 Å². The summed E-state index contributed by atoms with van der Waals surface area (Å²) in [5.74, 6) is 0. The van der Waals surface area contributed by atoms with Crippen molar-refractivity contribution in [2.45, 2.75) is 6.92 Å². The fraction of sp³-hybridized carbons (Fsp3) is 0.750. The van der Waals surface area contributed by atoms with E-state index in [1.807, 2.05) is 0 Å². The fourth-order valence-electron chi connectivity index (χ4n) is 0.203. The Bertz CT molecular complexity index is 67.1. The maximum Gasteiger partial charge on any atom is 0.406 e. The van der Waals surface area contributed by atoms with Crippen molar-refractivity contribution in [1.29, 1.82) is 0 Å². The van der Waals surface area contributed by atoms with Gasteiger partial charge in [0.05, 0.1) is 6.61 Å². The predicted molar refractivity (Wildman–Crippen MR) is 31.8 cm³/mol. The molecule has 8 heavy (non-hydrogen) atoms. The Balaban J connectivity index is 0. The average Bonchev–Trinajstić information content (AvgIpc) is 1.68. The molecule has 0 aromatic rings. The SMILES string of the molecule is CCOC(=O)NC.[Na]. The first kappa shape index (κ1) is 11.1. The molecule has 0 aliphatic heterocycles. The number of carbonyl (C=O) groups is 1. The summed E-state index contributed by atoms with van der Waals surface area (Å²) in [6, 6.07) is 0. The molecule has 3 nitrogen and oxygen atoms in total. The first-order valence-electron chi connectivity index (χ1n) is 2.15. The predicted octanol–water partition coefficient (Wildman–Crippen LogP) is -0.0185. The fourth-order valence-corrected chi connectivity index (χ4v) is 0.203. The number of carbonyl (C=O) groups excluding carboxylic acids is 1. The van der Waals surface area contributed by atoms with Gasteiger partial charge >= 0.3 is 6.09 Å². The second kappa shape index (κ2) is 7.27. The van der Waals surface area contributed by atoms with Crippen LogP contribution >= 0.6 is 0 Å². The van der Waals surface area contributed by atoms with Gasteiger partial charge in [-0.25, -0.2) is 4.79 Å². The average molecular weight is 126 g/mol. The Hall–Kier alpha value is 0.270. The maximum atomic E-state index is 10.1. The van der Waals surface area contributed by atoms with E-state index in [2.05, 4.69) is 10.1 Å². The van der Waals surface area contributed by atoms with Gasteiger partial charge in [-0.05, 0) is 6.92 Å². The Morgan fingerprint density at radius 2 is 2.25 bits per heavy atom. The van der Waals surface area contributed by atoms with Crippen molar-refractivity contribution in [3.05, 3.63) is 0 Å². The molecule has 0 atom stereocenters. The minimum Gasteiger partial charge on any atom is -0.450 e. The molecule has 0 heterocycles. The molecule has 0 aromatic heterocycles. The molecule has 0 fully saturated rings. The van der Waals surface area contributed by atoms with E-state index >= 15 is 0 Å². The summed E-state index contributed by atoms with van der Waals surface area (Å²) in [5, 5.41) is 2.30. The number of alkyl carbamates (subject to hydrolysis) is 1. The van der Waals surface area contributed by atoms with Crippen molar-refractivity contribution >= 4 is 35.7 Å². The van der Waals surface area contributed by atoms with Gasteiger partial charge in [0.2, 0.25) is 0 Å².